The van der Waals surface area contributed by atoms with Crippen molar-refractivity contribution in [3.05, 3.63) is 29.8 Å². The van der Waals surface area contributed by atoms with Crippen LogP contribution in [0, 0.1) is 0 Å². The molecule has 9 nitrogen and oxygen atoms in total. The van der Waals surface area contributed by atoms with Crippen LogP contribution in [0.3, 0.4) is 0 Å². The summed E-state index contributed by atoms with van der Waals surface area (Å²) in [6.45, 7) is 5.71. The van der Waals surface area contributed by atoms with Gasteiger partial charge in [-0.1, -0.05) is 12.1 Å². The van der Waals surface area contributed by atoms with Gasteiger partial charge in [0.2, 0.25) is 11.8 Å². The Balaban J connectivity index is 1.93. The van der Waals surface area contributed by atoms with E-state index in [2.05, 4.69) is 10.6 Å². The number of nitrogens with zero attached hydrogens (tertiary/aromatic N) is 1. The number of nitrogens with one attached hydrogen (secondary N) is 2. The molecule has 9 heteroatoms. The molecule has 1 atom stereocenters. The molecule has 0 bridgehead atoms. The Labute approximate surface area is 170 Å². The van der Waals surface area contributed by atoms with Gasteiger partial charge in [-0.25, -0.2) is 4.79 Å². The molecule has 0 radical (unpaired) electrons. The highest BCUT2D eigenvalue weighted by molar-refractivity contribution is 5.93. The van der Waals surface area contributed by atoms with Crippen molar-refractivity contribution in [3.8, 4) is 5.75 Å². The molecule has 0 saturated carbocycles. The molecule has 0 aliphatic carbocycles. The number of aliphatic carboxylic acids is 1. The van der Waals surface area contributed by atoms with Gasteiger partial charge in [-0.2, -0.15) is 0 Å². The van der Waals surface area contributed by atoms with Gasteiger partial charge >= 0.3 is 5.97 Å². The summed E-state index contributed by atoms with van der Waals surface area (Å²) < 4.78 is 10.3. The van der Waals surface area contributed by atoms with E-state index in [-0.39, 0.29) is 18.9 Å². The normalized spacial score (nSPS) is 16.0. The van der Waals surface area contributed by atoms with Crippen molar-refractivity contribution in [2.24, 2.45) is 0 Å². The van der Waals surface area contributed by atoms with E-state index in [0.717, 1.165) is 5.56 Å². The molecule has 1 aromatic rings. The number of benzene rings is 1. The van der Waals surface area contributed by atoms with Crippen LogP contribution in [0.25, 0.3) is 0 Å². The molecule has 1 unspecified atom stereocenters. The van der Waals surface area contributed by atoms with E-state index in [0.29, 0.717) is 32.1 Å². The lowest BCUT2D eigenvalue weighted by Crippen LogP contribution is -2.59. The number of amides is 2. The number of morpholine rings is 1. The van der Waals surface area contributed by atoms with Crippen LogP contribution >= 0.6 is 0 Å². The number of hydrogen-bond acceptors (Lipinski definition) is 6. The van der Waals surface area contributed by atoms with Gasteiger partial charge in [0.15, 0.2) is 0 Å². The molecule has 0 aromatic heterocycles. The van der Waals surface area contributed by atoms with Crippen molar-refractivity contribution >= 4 is 17.8 Å². The lowest BCUT2D eigenvalue weighted by Gasteiger charge is -2.30. The predicted octanol–water partition coefficient (Wildman–Crippen LogP) is 0.0341. The molecule has 2 amide bonds. The average molecular weight is 407 g/mol. The number of carbonyl (C=O) groups is 3. The molecule has 1 heterocycles. The van der Waals surface area contributed by atoms with Crippen molar-refractivity contribution in [2.45, 2.75) is 31.8 Å². The average Bonchev–Trinajstić information content (AvgIpc) is 2.68. The first-order valence-corrected chi connectivity index (χ1v) is 9.49. The maximum absolute atomic E-state index is 12.7. The molecule has 1 fully saturated rings. The second-order valence-electron chi connectivity index (χ2n) is 7.48. The van der Waals surface area contributed by atoms with Crippen molar-refractivity contribution in [1.29, 1.82) is 0 Å². The molecule has 1 aliphatic rings. The summed E-state index contributed by atoms with van der Waals surface area (Å²) in [6, 6.07) is 5.83. The van der Waals surface area contributed by atoms with Gasteiger partial charge in [-0.05, 0) is 31.5 Å². The Hall–Kier alpha value is -2.65. The molecule has 1 aromatic carbocycles. The molecule has 1 aliphatic heterocycles. The highest BCUT2D eigenvalue weighted by atomic mass is 16.5. The zero-order valence-electron chi connectivity index (χ0n) is 17.1. The number of carbonyl (C=O) groups excluding carboxylic acids is 2. The lowest BCUT2D eigenvalue weighted by molar-refractivity contribution is -0.143. The Morgan fingerprint density at radius 2 is 1.83 bits per heavy atom. The van der Waals surface area contributed by atoms with Crippen LogP contribution in [0.15, 0.2) is 24.3 Å². The third kappa shape index (κ3) is 7.03. The van der Waals surface area contributed by atoms with Gasteiger partial charge in [-0.15, -0.1) is 0 Å². The van der Waals surface area contributed by atoms with Crippen molar-refractivity contribution in [1.82, 2.24) is 15.5 Å². The molecule has 29 heavy (non-hydrogen) atoms. The molecule has 1 saturated heterocycles. The molecular weight excluding hydrogens is 378 g/mol. The van der Waals surface area contributed by atoms with E-state index in [9.17, 15) is 19.5 Å². The second kappa shape index (κ2) is 10.2. The van der Waals surface area contributed by atoms with Gasteiger partial charge in [-0.3, -0.25) is 14.5 Å². The summed E-state index contributed by atoms with van der Waals surface area (Å²) in [5.41, 5.74) is -0.510. The number of ether oxygens (including phenoxy) is 2. The minimum Gasteiger partial charge on any atom is -0.497 e. The summed E-state index contributed by atoms with van der Waals surface area (Å²) in [6.07, 6.45) is 0.114. The van der Waals surface area contributed by atoms with Crippen LogP contribution < -0.4 is 15.4 Å². The number of rotatable bonds is 9. The van der Waals surface area contributed by atoms with E-state index in [4.69, 9.17) is 9.47 Å². The highest BCUT2D eigenvalue weighted by Crippen LogP contribution is 2.13. The van der Waals surface area contributed by atoms with Crippen LogP contribution in [-0.2, 0) is 25.5 Å². The smallest absolute Gasteiger partial charge is 0.326 e. The molecule has 160 valence electrons. The van der Waals surface area contributed by atoms with Gasteiger partial charge in [0, 0.05) is 19.5 Å². The van der Waals surface area contributed by atoms with Crippen LogP contribution in [0.5, 0.6) is 5.75 Å². The standard InChI is InChI=1S/C20H29N3O6/c1-20(2,22-17(24)13-23-8-10-29-11-9-23)19(27)21-16(18(25)26)12-14-4-6-15(28-3)7-5-14/h4-7,16H,8-13H2,1-3H3,(H,21,27)(H,22,24)(H,25,26). The molecular formula is C20H29N3O6. The Bertz CT molecular complexity index is 713. The maximum Gasteiger partial charge on any atom is 0.326 e. The predicted molar refractivity (Wildman–Crippen MR) is 106 cm³/mol. The number of methoxy groups -OCH3 is 1. The van der Waals surface area contributed by atoms with Gasteiger partial charge in [0.25, 0.3) is 0 Å². The monoisotopic (exact) mass is 407 g/mol. The van der Waals surface area contributed by atoms with Gasteiger partial charge in [0.05, 0.1) is 26.9 Å². The SMILES string of the molecule is COc1ccc(CC(NC(=O)C(C)(C)NC(=O)CN2CCOCC2)C(=O)O)cc1. The van der Waals surface area contributed by atoms with Crippen molar-refractivity contribution in [3.63, 3.8) is 0 Å². The number of carboxylic acid groups (broad SMARTS) is 1. The van der Waals surface area contributed by atoms with Crippen molar-refractivity contribution < 1.29 is 29.0 Å². The second-order valence-corrected chi connectivity index (χ2v) is 7.48. The topological polar surface area (TPSA) is 117 Å². The Kier molecular flexibility index (Phi) is 7.98. The van der Waals surface area contributed by atoms with Gasteiger partial charge in [0.1, 0.15) is 17.3 Å². The highest BCUT2D eigenvalue weighted by Gasteiger charge is 2.33. The third-order valence-electron chi connectivity index (χ3n) is 4.69. The van der Waals surface area contributed by atoms with E-state index in [1.807, 2.05) is 4.90 Å². The lowest BCUT2D eigenvalue weighted by atomic mass is 10.0. The maximum atomic E-state index is 12.7. The summed E-state index contributed by atoms with van der Waals surface area (Å²) >= 11 is 0. The fourth-order valence-electron chi connectivity index (χ4n) is 2.94. The third-order valence-corrected chi connectivity index (χ3v) is 4.69. The van der Waals surface area contributed by atoms with E-state index >= 15 is 0 Å². The summed E-state index contributed by atoms with van der Waals surface area (Å²) in [4.78, 5) is 38.5. The molecule has 2 rings (SSSR count). The van der Waals surface area contributed by atoms with Crippen LogP contribution in [-0.4, -0.2) is 79.3 Å². The fourth-order valence-corrected chi connectivity index (χ4v) is 2.94. The minimum absolute atomic E-state index is 0.114. The summed E-state index contributed by atoms with van der Waals surface area (Å²) in [5.74, 6) is -1.35. The Morgan fingerprint density at radius 1 is 1.21 bits per heavy atom. The number of carboxylic acids is 1. The van der Waals surface area contributed by atoms with Gasteiger partial charge < -0.3 is 25.2 Å². The van der Waals surface area contributed by atoms with Crippen molar-refractivity contribution in [2.75, 3.05) is 40.0 Å². The van der Waals surface area contributed by atoms with Crippen LogP contribution in [0.2, 0.25) is 0 Å². The molecule has 3 N–H and O–H groups in total. The largest absolute Gasteiger partial charge is 0.497 e. The van der Waals surface area contributed by atoms with E-state index in [1.54, 1.807) is 45.2 Å². The first-order valence-electron chi connectivity index (χ1n) is 9.49. The van der Waals surface area contributed by atoms with Crippen LogP contribution in [0.4, 0.5) is 0 Å². The quantitative estimate of drug-likeness (QED) is 0.529. The minimum atomic E-state index is -1.25. The van der Waals surface area contributed by atoms with E-state index in [1.165, 1.54) is 0 Å². The number of hydrogen-bond donors (Lipinski definition) is 3. The first-order chi connectivity index (χ1) is 13.7. The fraction of sp³-hybridized carbons (Fsp3) is 0.550. The summed E-state index contributed by atoms with van der Waals surface area (Å²) in [5, 5.41) is 14.7. The zero-order chi connectivity index (χ0) is 21.4. The first kappa shape index (κ1) is 22.6. The zero-order valence-corrected chi connectivity index (χ0v) is 17.1. The summed E-state index contributed by atoms with van der Waals surface area (Å²) in [7, 11) is 1.55. The van der Waals surface area contributed by atoms with Crippen LogP contribution in [0.1, 0.15) is 19.4 Å². The van der Waals surface area contributed by atoms with E-state index < -0.39 is 23.5 Å². The Morgan fingerprint density at radius 3 is 2.38 bits per heavy atom. The molecule has 0 spiro atoms.